The monoisotopic (exact) mass is 390 g/mol. The zero-order valence-corrected chi connectivity index (χ0v) is 16.7. The quantitative estimate of drug-likeness (QED) is 0.726. The van der Waals surface area contributed by atoms with E-state index in [1.54, 1.807) is 17.8 Å². The number of likely N-dealkylation sites (tertiary alicyclic amines) is 1. The van der Waals surface area contributed by atoms with Crippen LogP contribution in [0, 0.1) is 0 Å². The van der Waals surface area contributed by atoms with Crippen LogP contribution in [-0.4, -0.2) is 45.7 Å². The number of hydrogen-bond acceptors (Lipinski definition) is 4. The minimum Gasteiger partial charge on any atom is -0.481 e. The number of hydrogen-bond donors (Lipinski definition) is 1. The van der Waals surface area contributed by atoms with Crippen LogP contribution in [0.25, 0.3) is 5.52 Å². The van der Waals surface area contributed by atoms with E-state index in [0.717, 1.165) is 31.4 Å². The second-order valence-electron chi connectivity index (χ2n) is 8.22. The highest BCUT2D eigenvalue weighted by Crippen LogP contribution is 2.49. The Bertz CT molecular complexity index is 1030. The van der Waals surface area contributed by atoms with Gasteiger partial charge in [-0.05, 0) is 37.3 Å². The molecule has 29 heavy (non-hydrogen) atoms. The van der Waals surface area contributed by atoms with E-state index in [2.05, 4.69) is 45.6 Å². The van der Waals surface area contributed by atoms with Crippen molar-refractivity contribution in [3.05, 3.63) is 65.9 Å². The molecule has 1 aliphatic carbocycles. The van der Waals surface area contributed by atoms with Gasteiger partial charge in [-0.2, -0.15) is 5.10 Å². The Morgan fingerprint density at radius 3 is 2.79 bits per heavy atom. The van der Waals surface area contributed by atoms with Crippen molar-refractivity contribution in [3.8, 4) is 5.88 Å². The van der Waals surface area contributed by atoms with E-state index in [-0.39, 0.29) is 17.5 Å². The molecule has 1 amide bonds. The highest BCUT2D eigenvalue weighted by atomic mass is 16.5. The lowest BCUT2D eigenvalue weighted by Gasteiger charge is -2.40. The maximum atomic E-state index is 13.0. The zero-order valence-electron chi connectivity index (χ0n) is 16.7. The average Bonchev–Trinajstić information content (AvgIpc) is 3.36. The third-order valence-electron chi connectivity index (χ3n) is 6.39. The van der Waals surface area contributed by atoms with Crippen LogP contribution in [0.2, 0.25) is 0 Å². The largest absolute Gasteiger partial charge is 0.481 e. The normalized spacial score (nSPS) is 20.7. The topological polar surface area (TPSA) is 58.9 Å². The van der Waals surface area contributed by atoms with Crippen molar-refractivity contribution in [1.29, 1.82) is 0 Å². The smallest absolute Gasteiger partial charge is 0.255 e. The molecule has 1 aliphatic heterocycles. The number of ether oxygens (including phenoxy) is 1. The van der Waals surface area contributed by atoms with E-state index in [4.69, 9.17) is 4.74 Å². The predicted octanol–water partition coefficient (Wildman–Crippen LogP) is 3.27. The van der Waals surface area contributed by atoms with E-state index in [1.165, 1.54) is 18.4 Å². The molecule has 3 aromatic rings. The first kappa shape index (κ1) is 18.2. The van der Waals surface area contributed by atoms with Gasteiger partial charge in [-0.1, -0.05) is 36.4 Å². The molecule has 150 valence electrons. The SMILES string of the molecule is COc1cccc2c(C(=O)NC3CCN(Cc4ccccc4)C4(CC4)C3)cnn12. The van der Waals surface area contributed by atoms with Crippen LogP contribution in [0.5, 0.6) is 5.88 Å². The molecule has 1 unspecified atom stereocenters. The Balaban J connectivity index is 1.27. The van der Waals surface area contributed by atoms with Crippen LogP contribution in [-0.2, 0) is 6.54 Å². The number of nitrogens with zero attached hydrogens (tertiary/aromatic N) is 3. The van der Waals surface area contributed by atoms with Gasteiger partial charge in [0.15, 0.2) is 0 Å². The maximum absolute atomic E-state index is 13.0. The lowest BCUT2D eigenvalue weighted by molar-refractivity contribution is 0.0798. The van der Waals surface area contributed by atoms with Crippen LogP contribution in [0.15, 0.2) is 54.7 Å². The molecule has 1 atom stereocenters. The number of carbonyl (C=O) groups is 1. The van der Waals surface area contributed by atoms with Gasteiger partial charge in [-0.25, -0.2) is 4.52 Å². The fraction of sp³-hybridized carbons (Fsp3) is 0.391. The third kappa shape index (κ3) is 3.38. The lowest BCUT2D eigenvalue weighted by atomic mass is 9.94. The number of carbonyl (C=O) groups excluding carboxylic acids is 1. The van der Waals surface area contributed by atoms with Crippen LogP contribution in [0.4, 0.5) is 0 Å². The Labute approximate surface area is 170 Å². The van der Waals surface area contributed by atoms with Crippen LogP contribution >= 0.6 is 0 Å². The highest BCUT2D eigenvalue weighted by molar-refractivity contribution is 6.00. The van der Waals surface area contributed by atoms with Crippen LogP contribution in [0.1, 0.15) is 41.6 Å². The van der Waals surface area contributed by atoms with Gasteiger partial charge in [-0.3, -0.25) is 9.69 Å². The van der Waals surface area contributed by atoms with E-state index >= 15 is 0 Å². The summed E-state index contributed by atoms with van der Waals surface area (Å²) in [6.45, 7) is 2.01. The molecule has 6 nitrogen and oxygen atoms in total. The van der Waals surface area contributed by atoms with Crippen molar-refractivity contribution in [1.82, 2.24) is 19.8 Å². The van der Waals surface area contributed by atoms with E-state index in [9.17, 15) is 4.79 Å². The third-order valence-corrected chi connectivity index (χ3v) is 6.39. The number of methoxy groups -OCH3 is 1. The number of benzene rings is 1. The number of piperidine rings is 1. The molecule has 1 saturated carbocycles. The molecule has 2 fully saturated rings. The molecule has 2 aromatic heterocycles. The molecule has 5 rings (SSSR count). The van der Waals surface area contributed by atoms with Crippen molar-refractivity contribution >= 4 is 11.4 Å². The maximum Gasteiger partial charge on any atom is 0.255 e. The first-order valence-corrected chi connectivity index (χ1v) is 10.3. The van der Waals surface area contributed by atoms with E-state index in [1.807, 2.05) is 18.2 Å². The first-order chi connectivity index (χ1) is 14.2. The van der Waals surface area contributed by atoms with Crippen molar-refractivity contribution < 1.29 is 9.53 Å². The zero-order chi connectivity index (χ0) is 19.8. The number of pyridine rings is 1. The fourth-order valence-corrected chi connectivity index (χ4v) is 4.66. The number of nitrogens with one attached hydrogen (secondary N) is 1. The summed E-state index contributed by atoms with van der Waals surface area (Å²) in [6, 6.07) is 16.5. The summed E-state index contributed by atoms with van der Waals surface area (Å²) in [4.78, 5) is 15.6. The van der Waals surface area contributed by atoms with Gasteiger partial charge >= 0.3 is 0 Å². The van der Waals surface area contributed by atoms with Crippen LogP contribution < -0.4 is 10.1 Å². The summed E-state index contributed by atoms with van der Waals surface area (Å²) >= 11 is 0. The first-order valence-electron chi connectivity index (χ1n) is 10.3. The van der Waals surface area contributed by atoms with Gasteiger partial charge in [0.25, 0.3) is 5.91 Å². The summed E-state index contributed by atoms with van der Waals surface area (Å²) in [6.07, 6.45) is 6.07. The summed E-state index contributed by atoms with van der Waals surface area (Å²) < 4.78 is 7.00. The summed E-state index contributed by atoms with van der Waals surface area (Å²) in [5.74, 6) is 0.568. The van der Waals surface area contributed by atoms with Gasteiger partial charge in [-0.15, -0.1) is 0 Å². The minimum absolute atomic E-state index is 0.0504. The molecule has 1 spiro atoms. The van der Waals surface area contributed by atoms with E-state index < -0.39 is 0 Å². The number of aromatic nitrogens is 2. The predicted molar refractivity (Wildman–Crippen MR) is 111 cm³/mol. The molecule has 1 aromatic carbocycles. The number of rotatable bonds is 5. The molecule has 0 bridgehead atoms. The lowest BCUT2D eigenvalue weighted by Crippen LogP contribution is -2.51. The van der Waals surface area contributed by atoms with Crippen molar-refractivity contribution in [2.75, 3.05) is 13.7 Å². The van der Waals surface area contributed by atoms with Crippen molar-refractivity contribution in [2.24, 2.45) is 0 Å². The molecule has 1 N–H and O–H groups in total. The Morgan fingerprint density at radius 2 is 2.03 bits per heavy atom. The van der Waals surface area contributed by atoms with Crippen LogP contribution in [0.3, 0.4) is 0 Å². The van der Waals surface area contributed by atoms with E-state index in [0.29, 0.717) is 11.4 Å². The summed E-state index contributed by atoms with van der Waals surface area (Å²) in [5.41, 5.74) is 2.99. The highest BCUT2D eigenvalue weighted by Gasteiger charge is 2.51. The van der Waals surface area contributed by atoms with Crippen molar-refractivity contribution in [3.63, 3.8) is 0 Å². The second-order valence-corrected chi connectivity index (χ2v) is 8.22. The standard InChI is InChI=1S/C23H26N4O2/c1-29-21-9-5-8-20-19(15-24-27(20)21)22(28)25-18-10-13-26(23(14-18)11-12-23)16-17-6-3-2-4-7-17/h2-9,15,18H,10-14,16H2,1H3,(H,25,28). The fourth-order valence-electron chi connectivity index (χ4n) is 4.66. The summed E-state index contributed by atoms with van der Waals surface area (Å²) in [7, 11) is 1.61. The Kier molecular flexibility index (Phi) is 4.51. The van der Waals surface area contributed by atoms with Gasteiger partial charge in [0.1, 0.15) is 0 Å². The number of amides is 1. The summed E-state index contributed by atoms with van der Waals surface area (Å²) in [5, 5.41) is 7.60. The molecule has 3 heterocycles. The molecule has 2 aliphatic rings. The van der Waals surface area contributed by atoms with Crippen molar-refractivity contribution in [2.45, 2.75) is 43.8 Å². The number of fused-ring (bicyclic) bond motifs is 1. The minimum atomic E-state index is -0.0504. The molecular weight excluding hydrogens is 364 g/mol. The van der Waals surface area contributed by atoms with Gasteiger partial charge in [0, 0.05) is 30.7 Å². The second kappa shape index (κ2) is 7.19. The van der Waals surface area contributed by atoms with Gasteiger partial charge < -0.3 is 10.1 Å². The average molecular weight is 390 g/mol. The van der Waals surface area contributed by atoms with Gasteiger partial charge in [0.05, 0.1) is 24.4 Å². The Hall–Kier alpha value is -2.86. The van der Waals surface area contributed by atoms with Gasteiger partial charge in [0.2, 0.25) is 5.88 Å². The molecule has 1 saturated heterocycles. The molecular formula is C23H26N4O2. The Morgan fingerprint density at radius 1 is 1.21 bits per heavy atom. The molecule has 6 heteroatoms. The molecule has 0 radical (unpaired) electrons.